The lowest BCUT2D eigenvalue weighted by atomic mass is 9.98. The van der Waals surface area contributed by atoms with Crippen molar-refractivity contribution in [2.75, 3.05) is 4.90 Å². The van der Waals surface area contributed by atoms with Crippen molar-refractivity contribution in [2.24, 2.45) is 0 Å². The van der Waals surface area contributed by atoms with Gasteiger partial charge in [0.2, 0.25) is 0 Å². The van der Waals surface area contributed by atoms with Gasteiger partial charge in [0.15, 0.2) is 0 Å². The topological polar surface area (TPSA) is 21.3 Å². The van der Waals surface area contributed by atoms with Crippen LogP contribution in [0.3, 0.4) is 0 Å². The Morgan fingerprint density at radius 2 is 1.04 bits per heavy atom. The Labute approximate surface area is 306 Å². The Kier molecular flexibility index (Phi) is 6.55. The Morgan fingerprint density at radius 1 is 0.396 bits per heavy atom. The van der Waals surface area contributed by atoms with E-state index in [1.165, 1.54) is 48.9 Å². The van der Waals surface area contributed by atoms with Gasteiger partial charge in [0, 0.05) is 55.6 Å². The summed E-state index contributed by atoms with van der Waals surface area (Å²) in [5, 5.41) is 9.61. The lowest BCUT2D eigenvalue weighted by Gasteiger charge is -2.28. The molecule has 3 nitrogen and oxygen atoms in total. The molecule has 0 N–H and O–H groups in total. The number of rotatable bonds is 5. The van der Waals surface area contributed by atoms with Gasteiger partial charge in [-0.1, -0.05) is 133 Å². The largest absolute Gasteiger partial charge is 0.456 e. The molecule has 0 aliphatic heterocycles. The molecule has 0 bridgehead atoms. The van der Waals surface area contributed by atoms with E-state index in [1.807, 2.05) is 12.1 Å². The van der Waals surface area contributed by atoms with Crippen LogP contribution in [0.5, 0.6) is 0 Å². The molecule has 11 aromatic rings. The molecule has 9 aromatic carbocycles. The van der Waals surface area contributed by atoms with Crippen LogP contribution in [-0.4, -0.2) is 4.57 Å². The molecule has 3 heteroatoms. The third kappa shape index (κ3) is 4.61. The third-order valence-corrected chi connectivity index (χ3v) is 10.8. The fraction of sp³-hybridized carbons (Fsp3) is 0. The molecule has 0 amide bonds. The van der Waals surface area contributed by atoms with Crippen LogP contribution >= 0.6 is 0 Å². The molecular formula is C50H32N2O. The van der Waals surface area contributed by atoms with E-state index in [9.17, 15) is 0 Å². The molecule has 0 fully saturated rings. The minimum atomic E-state index is 0.871. The molecule has 2 heterocycles. The van der Waals surface area contributed by atoms with Crippen molar-refractivity contribution in [3.63, 3.8) is 0 Å². The third-order valence-electron chi connectivity index (χ3n) is 10.8. The number of para-hydroxylation sites is 4. The predicted molar refractivity (Wildman–Crippen MR) is 223 cm³/mol. The van der Waals surface area contributed by atoms with E-state index in [1.54, 1.807) is 0 Å². The smallest absolute Gasteiger partial charge is 0.137 e. The lowest BCUT2D eigenvalue weighted by molar-refractivity contribution is 0.669. The lowest BCUT2D eigenvalue weighted by Crippen LogP contribution is -2.10. The fourth-order valence-corrected chi connectivity index (χ4v) is 8.39. The highest BCUT2D eigenvalue weighted by Gasteiger charge is 2.20. The molecule has 0 unspecified atom stereocenters. The summed E-state index contributed by atoms with van der Waals surface area (Å²) in [5.41, 5.74) is 10.9. The molecular weight excluding hydrogens is 645 g/mol. The van der Waals surface area contributed by atoms with Gasteiger partial charge in [0.1, 0.15) is 11.2 Å². The van der Waals surface area contributed by atoms with E-state index in [0.29, 0.717) is 0 Å². The van der Waals surface area contributed by atoms with Crippen LogP contribution in [0, 0.1) is 0 Å². The normalized spacial score (nSPS) is 11.8. The number of furan rings is 1. The van der Waals surface area contributed by atoms with Crippen LogP contribution in [0.4, 0.5) is 17.1 Å². The predicted octanol–water partition coefficient (Wildman–Crippen LogP) is 14.1. The standard InChI is InChI=1S/C50H32N2O/c1-2-14-35(15-3-1)52-46-23-10-8-19-42(46)45-22-12-21-39(50(45)52)33-25-27-36(28-26-33)51(37-29-30-44-43-20-9-11-24-48(43)53-49(44)32-37)47-31-34-13-4-5-16-38(34)40-17-6-7-18-41(40)47/h1-32H. The van der Waals surface area contributed by atoms with Crippen LogP contribution in [-0.2, 0) is 0 Å². The van der Waals surface area contributed by atoms with Crippen LogP contribution in [0.2, 0.25) is 0 Å². The molecule has 0 radical (unpaired) electrons. The van der Waals surface area contributed by atoms with E-state index in [0.717, 1.165) is 50.3 Å². The summed E-state index contributed by atoms with van der Waals surface area (Å²) >= 11 is 0. The number of hydrogen-bond acceptors (Lipinski definition) is 2. The quantitative estimate of drug-likeness (QED) is 0.169. The summed E-state index contributed by atoms with van der Waals surface area (Å²) in [6.45, 7) is 0. The van der Waals surface area contributed by atoms with Crippen LogP contribution < -0.4 is 4.90 Å². The molecule has 2 aromatic heterocycles. The van der Waals surface area contributed by atoms with Gasteiger partial charge in [-0.3, -0.25) is 0 Å². The molecule has 0 spiro atoms. The van der Waals surface area contributed by atoms with Gasteiger partial charge in [0.05, 0.1) is 16.7 Å². The highest BCUT2D eigenvalue weighted by molar-refractivity contribution is 6.16. The average molecular weight is 677 g/mol. The van der Waals surface area contributed by atoms with Crippen molar-refractivity contribution in [3.05, 3.63) is 194 Å². The summed E-state index contributed by atoms with van der Waals surface area (Å²) < 4.78 is 8.84. The number of hydrogen-bond donors (Lipinski definition) is 0. The second-order valence-corrected chi connectivity index (χ2v) is 13.7. The molecule has 0 saturated heterocycles. The first kappa shape index (κ1) is 29.6. The second kappa shape index (κ2) is 11.7. The Bertz CT molecular complexity index is 3170. The first-order valence-electron chi connectivity index (χ1n) is 18.1. The van der Waals surface area contributed by atoms with Crippen molar-refractivity contribution >= 4 is 82.4 Å². The molecule has 248 valence electrons. The van der Waals surface area contributed by atoms with Crippen molar-refractivity contribution in [1.82, 2.24) is 4.57 Å². The zero-order valence-electron chi connectivity index (χ0n) is 28.8. The Hall–Kier alpha value is -7.10. The number of benzene rings is 9. The van der Waals surface area contributed by atoms with E-state index in [2.05, 4.69) is 191 Å². The fourth-order valence-electron chi connectivity index (χ4n) is 8.39. The number of fused-ring (bicyclic) bond motifs is 9. The highest BCUT2D eigenvalue weighted by atomic mass is 16.3. The van der Waals surface area contributed by atoms with Gasteiger partial charge in [-0.05, 0) is 76.3 Å². The van der Waals surface area contributed by atoms with E-state index >= 15 is 0 Å². The minimum absolute atomic E-state index is 0.871. The zero-order chi connectivity index (χ0) is 34.9. The SMILES string of the molecule is c1ccc(-n2c3ccccc3c3cccc(-c4ccc(N(c5ccc6c(c5)oc5ccccc56)c5cc6ccccc6c6ccccc56)cc4)c32)cc1. The monoisotopic (exact) mass is 676 g/mol. The van der Waals surface area contributed by atoms with Gasteiger partial charge in [-0.2, -0.15) is 0 Å². The van der Waals surface area contributed by atoms with Crippen molar-refractivity contribution < 1.29 is 4.42 Å². The number of nitrogens with zero attached hydrogens (tertiary/aromatic N) is 2. The maximum Gasteiger partial charge on any atom is 0.137 e. The van der Waals surface area contributed by atoms with Gasteiger partial charge in [-0.15, -0.1) is 0 Å². The zero-order valence-corrected chi connectivity index (χ0v) is 28.8. The first-order chi connectivity index (χ1) is 26.3. The molecule has 0 aliphatic carbocycles. The van der Waals surface area contributed by atoms with Crippen LogP contribution in [0.15, 0.2) is 199 Å². The maximum absolute atomic E-state index is 6.43. The molecule has 0 aliphatic rings. The van der Waals surface area contributed by atoms with Gasteiger partial charge < -0.3 is 13.9 Å². The van der Waals surface area contributed by atoms with E-state index in [-0.39, 0.29) is 0 Å². The van der Waals surface area contributed by atoms with E-state index in [4.69, 9.17) is 4.42 Å². The van der Waals surface area contributed by atoms with Crippen LogP contribution in [0.25, 0.3) is 82.1 Å². The summed E-state index contributed by atoms with van der Waals surface area (Å²) in [6, 6.07) is 69.8. The number of aromatic nitrogens is 1. The van der Waals surface area contributed by atoms with Gasteiger partial charge in [-0.25, -0.2) is 0 Å². The molecule has 0 atom stereocenters. The second-order valence-electron chi connectivity index (χ2n) is 13.7. The van der Waals surface area contributed by atoms with Crippen molar-refractivity contribution in [1.29, 1.82) is 0 Å². The van der Waals surface area contributed by atoms with Crippen LogP contribution in [0.1, 0.15) is 0 Å². The van der Waals surface area contributed by atoms with Crippen molar-refractivity contribution in [3.8, 4) is 16.8 Å². The molecule has 53 heavy (non-hydrogen) atoms. The molecule has 0 saturated carbocycles. The summed E-state index contributed by atoms with van der Waals surface area (Å²) in [5.74, 6) is 0. The maximum atomic E-state index is 6.43. The van der Waals surface area contributed by atoms with Crippen molar-refractivity contribution in [2.45, 2.75) is 0 Å². The van der Waals surface area contributed by atoms with Gasteiger partial charge in [0.25, 0.3) is 0 Å². The minimum Gasteiger partial charge on any atom is -0.456 e. The Balaban J connectivity index is 1.13. The van der Waals surface area contributed by atoms with Gasteiger partial charge >= 0.3 is 0 Å². The first-order valence-corrected chi connectivity index (χ1v) is 18.1. The van der Waals surface area contributed by atoms with E-state index < -0.39 is 0 Å². The molecule has 11 rings (SSSR count). The summed E-state index contributed by atoms with van der Waals surface area (Å²) in [4.78, 5) is 2.38. The average Bonchev–Trinajstić information content (AvgIpc) is 3.77. The highest BCUT2D eigenvalue weighted by Crippen LogP contribution is 2.45. The Morgan fingerprint density at radius 3 is 1.89 bits per heavy atom. The summed E-state index contributed by atoms with van der Waals surface area (Å²) in [7, 11) is 0. The number of anilines is 3. The summed E-state index contributed by atoms with van der Waals surface area (Å²) in [6.07, 6.45) is 0.